The summed E-state index contributed by atoms with van der Waals surface area (Å²) in [5, 5.41) is 22.2. The number of rotatable bonds is 3. The Morgan fingerprint density at radius 3 is 2.97 bits per heavy atom. The first-order chi connectivity index (χ1) is 14.0. The second-order valence-corrected chi connectivity index (χ2v) is 7.70. The van der Waals surface area contributed by atoms with Gasteiger partial charge in [0.25, 0.3) is 0 Å². The quantitative estimate of drug-likeness (QED) is 0.692. The van der Waals surface area contributed by atoms with Crippen molar-refractivity contribution in [2.24, 2.45) is 0 Å². The number of hydrogen-bond donors (Lipinski definition) is 2. The molecule has 2 aliphatic heterocycles. The van der Waals surface area contributed by atoms with E-state index in [4.69, 9.17) is 4.42 Å². The summed E-state index contributed by atoms with van der Waals surface area (Å²) in [5.74, 6) is 0.516. The number of alkyl halides is 1. The van der Waals surface area contributed by atoms with Crippen LogP contribution in [0.1, 0.15) is 19.3 Å². The van der Waals surface area contributed by atoms with Crippen molar-refractivity contribution >= 4 is 16.8 Å². The van der Waals surface area contributed by atoms with E-state index in [0.717, 1.165) is 12.8 Å². The number of piperidine rings is 1. The maximum absolute atomic E-state index is 14.8. The largest absolute Gasteiger partial charge is 0.507 e. The highest BCUT2D eigenvalue weighted by Gasteiger charge is 2.43. The third-order valence-electron chi connectivity index (χ3n) is 5.98. The Hall–Kier alpha value is -3.07. The van der Waals surface area contributed by atoms with Crippen LogP contribution in [0.4, 0.5) is 10.2 Å². The Balaban J connectivity index is 1.44. The molecule has 2 aromatic heterocycles. The zero-order chi connectivity index (χ0) is 20.1. The van der Waals surface area contributed by atoms with Crippen LogP contribution in [0.5, 0.6) is 5.75 Å². The molecule has 8 nitrogen and oxygen atoms in total. The Bertz CT molecular complexity index is 1120. The number of halogens is 1. The van der Waals surface area contributed by atoms with Gasteiger partial charge in [0.05, 0.1) is 29.5 Å². The highest BCUT2D eigenvalue weighted by molar-refractivity contribution is 5.84. The van der Waals surface area contributed by atoms with Gasteiger partial charge in [-0.25, -0.2) is 9.37 Å². The maximum atomic E-state index is 14.8. The van der Waals surface area contributed by atoms with Gasteiger partial charge in [-0.1, -0.05) is 0 Å². The molecular formula is C20H20FN5O3. The second kappa shape index (κ2) is 6.77. The van der Waals surface area contributed by atoms with Crippen LogP contribution < -0.4 is 15.6 Å². The number of benzene rings is 1. The minimum absolute atomic E-state index is 0.106. The third kappa shape index (κ3) is 3.02. The molecule has 0 spiro atoms. The summed E-state index contributed by atoms with van der Waals surface area (Å²) in [7, 11) is 1.80. The van der Waals surface area contributed by atoms with Crippen molar-refractivity contribution in [3.05, 3.63) is 40.9 Å². The number of hydrogen-bond acceptors (Lipinski definition) is 8. The van der Waals surface area contributed by atoms with Gasteiger partial charge in [-0.15, -0.1) is 10.2 Å². The average molecular weight is 397 g/mol. The van der Waals surface area contributed by atoms with Crippen LogP contribution in [0, 0.1) is 0 Å². The molecule has 29 heavy (non-hydrogen) atoms. The first-order valence-corrected chi connectivity index (χ1v) is 9.59. The lowest BCUT2D eigenvalue weighted by molar-refractivity contribution is 0.176. The van der Waals surface area contributed by atoms with Crippen LogP contribution in [0.15, 0.2) is 39.9 Å². The van der Waals surface area contributed by atoms with E-state index >= 15 is 0 Å². The lowest BCUT2D eigenvalue weighted by Gasteiger charge is -2.38. The van der Waals surface area contributed by atoms with E-state index in [2.05, 4.69) is 20.5 Å². The molecule has 2 saturated heterocycles. The zero-order valence-electron chi connectivity index (χ0n) is 15.7. The molecule has 0 aliphatic carbocycles. The van der Waals surface area contributed by atoms with E-state index in [0.29, 0.717) is 29.4 Å². The minimum atomic E-state index is -0.979. The van der Waals surface area contributed by atoms with Crippen LogP contribution in [0.3, 0.4) is 0 Å². The van der Waals surface area contributed by atoms with Gasteiger partial charge in [0.2, 0.25) is 0 Å². The Morgan fingerprint density at radius 2 is 2.17 bits per heavy atom. The molecule has 1 unspecified atom stereocenters. The number of fused-ring (bicyclic) bond motifs is 3. The van der Waals surface area contributed by atoms with E-state index in [-0.39, 0.29) is 34.5 Å². The lowest BCUT2D eigenvalue weighted by atomic mass is 9.96. The van der Waals surface area contributed by atoms with E-state index in [9.17, 15) is 14.3 Å². The van der Waals surface area contributed by atoms with Gasteiger partial charge < -0.3 is 19.7 Å². The highest BCUT2D eigenvalue weighted by atomic mass is 19.1. The molecule has 1 aromatic carbocycles. The minimum Gasteiger partial charge on any atom is -0.507 e. The van der Waals surface area contributed by atoms with Crippen LogP contribution >= 0.6 is 0 Å². The van der Waals surface area contributed by atoms with Gasteiger partial charge in [-0.3, -0.25) is 4.79 Å². The van der Waals surface area contributed by atoms with E-state index in [1.165, 1.54) is 30.7 Å². The second-order valence-electron chi connectivity index (χ2n) is 7.70. The van der Waals surface area contributed by atoms with Crippen LogP contribution in [-0.4, -0.2) is 51.6 Å². The number of phenols is 1. The van der Waals surface area contributed by atoms with Crippen LogP contribution in [-0.2, 0) is 0 Å². The first-order valence-electron chi connectivity index (χ1n) is 9.59. The SMILES string of the molecule is CN(c1cnc(-c2cc3occc(=O)c3cc2O)nn1)[C@H]1C[C@@H]2CCC(N2)[C@H]1F. The summed E-state index contributed by atoms with van der Waals surface area (Å²) in [6.45, 7) is 0. The number of aromatic hydroxyl groups is 1. The molecule has 0 saturated carbocycles. The summed E-state index contributed by atoms with van der Waals surface area (Å²) in [5.41, 5.74) is 0.373. The molecule has 2 fully saturated rings. The molecule has 2 N–H and O–H groups in total. The molecule has 4 heterocycles. The van der Waals surface area contributed by atoms with Gasteiger partial charge in [-0.2, -0.15) is 0 Å². The summed E-state index contributed by atoms with van der Waals surface area (Å²) in [4.78, 5) is 18.0. The molecule has 150 valence electrons. The summed E-state index contributed by atoms with van der Waals surface area (Å²) in [6.07, 6.45) is 4.40. The molecule has 2 aliphatic rings. The first kappa shape index (κ1) is 18.0. The summed E-state index contributed by atoms with van der Waals surface area (Å²) >= 11 is 0. The third-order valence-corrected chi connectivity index (χ3v) is 5.98. The Kier molecular flexibility index (Phi) is 4.20. The number of nitrogens with one attached hydrogen (secondary N) is 1. The molecule has 2 bridgehead atoms. The van der Waals surface area contributed by atoms with Crippen LogP contribution in [0.25, 0.3) is 22.4 Å². The molecule has 3 aromatic rings. The fraction of sp³-hybridized carbons (Fsp3) is 0.400. The van der Waals surface area contributed by atoms with Crippen molar-refractivity contribution in [2.45, 2.75) is 43.6 Å². The summed E-state index contributed by atoms with van der Waals surface area (Å²) < 4.78 is 20.2. The van der Waals surface area contributed by atoms with E-state index < -0.39 is 6.17 Å². The molecular weight excluding hydrogens is 377 g/mol. The molecule has 5 rings (SSSR count). The number of aromatic nitrogens is 3. The summed E-state index contributed by atoms with van der Waals surface area (Å²) in [6, 6.07) is 4.08. The molecule has 4 atom stereocenters. The smallest absolute Gasteiger partial charge is 0.192 e. The van der Waals surface area contributed by atoms with Crippen molar-refractivity contribution in [3.63, 3.8) is 0 Å². The Labute approximate surface area is 165 Å². The topological polar surface area (TPSA) is 104 Å². The monoisotopic (exact) mass is 397 g/mol. The number of phenolic OH excluding ortho intramolecular Hbond substituents is 1. The predicted octanol–water partition coefficient (Wildman–Crippen LogP) is 2.02. The van der Waals surface area contributed by atoms with Gasteiger partial charge in [0, 0.05) is 25.2 Å². The van der Waals surface area contributed by atoms with Crippen molar-refractivity contribution < 1.29 is 13.9 Å². The zero-order valence-corrected chi connectivity index (χ0v) is 15.7. The molecule has 0 amide bonds. The standard InChI is InChI=1S/C20H20FN5O3/c1-26(14-6-10-2-3-13(23-10)19(14)21)18-9-22-20(25-24-18)12-8-17-11(7-16(12)28)15(27)4-5-29-17/h4-5,7-10,13-14,19,23,28H,2-3,6H2,1H3/t10-,13?,14-,19+/m0/s1. The highest BCUT2D eigenvalue weighted by Crippen LogP contribution is 2.34. The molecule has 0 radical (unpaired) electrons. The normalized spacial score (nSPS) is 26.0. The van der Waals surface area contributed by atoms with Crippen molar-refractivity contribution in [1.29, 1.82) is 0 Å². The predicted molar refractivity (Wildman–Crippen MR) is 105 cm³/mol. The maximum Gasteiger partial charge on any atom is 0.192 e. The van der Waals surface area contributed by atoms with Crippen molar-refractivity contribution in [1.82, 2.24) is 20.5 Å². The van der Waals surface area contributed by atoms with Crippen molar-refractivity contribution in [2.75, 3.05) is 11.9 Å². The van der Waals surface area contributed by atoms with E-state index in [1.54, 1.807) is 11.9 Å². The van der Waals surface area contributed by atoms with Gasteiger partial charge >= 0.3 is 0 Å². The van der Waals surface area contributed by atoms with E-state index in [1.807, 2.05) is 0 Å². The van der Waals surface area contributed by atoms with Gasteiger partial charge in [0.15, 0.2) is 17.1 Å². The van der Waals surface area contributed by atoms with Gasteiger partial charge in [0.1, 0.15) is 17.5 Å². The van der Waals surface area contributed by atoms with Gasteiger partial charge in [-0.05, 0) is 31.4 Å². The molecule has 9 heteroatoms. The fourth-order valence-electron chi connectivity index (χ4n) is 4.37. The van der Waals surface area contributed by atoms with Crippen LogP contribution in [0.2, 0.25) is 0 Å². The fourth-order valence-corrected chi connectivity index (χ4v) is 4.37. The number of anilines is 1. The lowest BCUT2D eigenvalue weighted by Crippen LogP contribution is -2.55. The number of nitrogens with zero attached hydrogens (tertiary/aromatic N) is 4. The Morgan fingerprint density at radius 1 is 1.31 bits per heavy atom. The van der Waals surface area contributed by atoms with Crippen molar-refractivity contribution in [3.8, 4) is 17.1 Å². The average Bonchev–Trinajstić information content (AvgIpc) is 3.14.